The minimum absolute atomic E-state index is 0.197. The molecule has 18 heavy (non-hydrogen) atoms. The van der Waals surface area contributed by atoms with Gasteiger partial charge in [-0.1, -0.05) is 20.8 Å². The molecule has 1 rings (SSSR count). The molecule has 0 aromatic heterocycles. The average Bonchev–Trinajstić information content (AvgIpc) is 2.44. The molecule has 1 amide bonds. The molecule has 0 spiro atoms. The van der Waals surface area contributed by atoms with Gasteiger partial charge in [-0.25, -0.2) is 0 Å². The van der Waals surface area contributed by atoms with E-state index in [1.165, 1.54) is 0 Å². The molecule has 4 nitrogen and oxygen atoms in total. The van der Waals surface area contributed by atoms with Crippen molar-refractivity contribution >= 4 is 5.91 Å². The first-order valence-corrected chi connectivity index (χ1v) is 7.15. The second-order valence-electron chi connectivity index (χ2n) is 5.98. The van der Waals surface area contributed by atoms with Crippen LogP contribution in [0.3, 0.4) is 0 Å². The first-order chi connectivity index (χ1) is 8.49. The highest BCUT2D eigenvalue weighted by molar-refractivity contribution is 5.76. The molecule has 1 fully saturated rings. The molecule has 0 aliphatic carbocycles. The van der Waals surface area contributed by atoms with Gasteiger partial charge in [0.15, 0.2) is 0 Å². The number of carbonyl (C=O) groups excluding carboxylic acids is 1. The number of carbonyl (C=O) groups is 1. The zero-order valence-electron chi connectivity index (χ0n) is 12.0. The van der Waals surface area contributed by atoms with Gasteiger partial charge in [0, 0.05) is 26.1 Å². The molecule has 1 aliphatic rings. The van der Waals surface area contributed by atoms with Crippen molar-refractivity contribution in [2.24, 2.45) is 11.8 Å². The van der Waals surface area contributed by atoms with Crippen LogP contribution in [-0.4, -0.2) is 48.2 Å². The van der Waals surface area contributed by atoms with Crippen LogP contribution in [0.2, 0.25) is 0 Å². The molecule has 1 saturated heterocycles. The Morgan fingerprint density at radius 1 is 1.39 bits per heavy atom. The lowest BCUT2D eigenvalue weighted by Gasteiger charge is -2.24. The fourth-order valence-corrected chi connectivity index (χ4v) is 2.22. The van der Waals surface area contributed by atoms with Crippen LogP contribution < -0.4 is 5.32 Å². The predicted molar refractivity (Wildman–Crippen MR) is 73.3 cm³/mol. The summed E-state index contributed by atoms with van der Waals surface area (Å²) in [5.41, 5.74) is 0. The first-order valence-electron chi connectivity index (χ1n) is 7.15. The summed E-state index contributed by atoms with van der Waals surface area (Å²) < 4.78 is 0. The Morgan fingerprint density at radius 2 is 2.11 bits per heavy atom. The summed E-state index contributed by atoms with van der Waals surface area (Å²) >= 11 is 0. The van der Waals surface area contributed by atoms with Crippen LogP contribution in [0.5, 0.6) is 0 Å². The van der Waals surface area contributed by atoms with Crippen LogP contribution in [0.15, 0.2) is 0 Å². The van der Waals surface area contributed by atoms with E-state index in [1.54, 1.807) is 0 Å². The fourth-order valence-electron chi connectivity index (χ4n) is 2.22. The average molecular weight is 256 g/mol. The van der Waals surface area contributed by atoms with E-state index in [2.05, 4.69) is 26.1 Å². The molecular formula is C14H28N2O2. The van der Waals surface area contributed by atoms with E-state index < -0.39 is 6.10 Å². The van der Waals surface area contributed by atoms with Crippen molar-refractivity contribution in [3.8, 4) is 0 Å². The first kappa shape index (κ1) is 15.4. The molecule has 1 aliphatic heterocycles. The van der Waals surface area contributed by atoms with Crippen molar-refractivity contribution in [2.45, 2.75) is 46.1 Å². The summed E-state index contributed by atoms with van der Waals surface area (Å²) in [6.07, 6.45) is 2.21. The maximum atomic E-state index is 11.9. The number of aliphatic hydroxyl groups is 1. The lowest BCUT2D eigenvalue weighted by atomic mass is 10.0. The second kappa shape index (κ2) is 7.74. The quantitative estimate of drug-likeness (QED) is 0.752. The van der Waals surface area contributed by atoms with E-state index in [4.69, 9.17) is 0 Å². The van der Waals surface area contributed by atoms with Gasteiger partial charge >= 0.3 is 0 Å². The van der Waals surface area contributed by atoms with Crippen LogP contribution in [0.4, 0.5) is 0 Å². The van der Waals surface area contributed by atoms with Crippen molar-refractivity contribution in [2.75, 3.05) is 26.2 Å². The lowest BCUT2D eigenvalue weighted by Crippen LogP contribution is -2.41. The molecule has 0 bridgehead atoms. The van der Waals surface area contributed by atoms with E-state index >= 15 is 0 Å². The van der Waals surface area contributed by atoms with E-state index in [-0.39, 0.29) is 5.91 Å². The van der Waals surface area contributed by atoms with E-state index in [0.717, 1.165) is 25.9 Å². The molecule has 0 aromatic rings. The van der Waals surface area contributed by atoms with Gasteiger partial charge in [0.1, 0.15) is 0 Å². The number of hydrogen-bond donors (Lipinski definition) is 2. The van der Waals surface area contributed by atoms with E-state index in [9.17, 15) is 9.90 Å². The largest absolute Gasteiger partial charge is 0.390 e. The Labute approximate surface area is 111 Å². The van der Waals surface area contributed by atoms with Gasteiger partial charge in [-0.05, 0) is 31.2 Å². The van der Waals surface area contributed by atoms with E-state index in [1.807, 2.05) is 4.90 Å². The number of β-amino-alcohol motifs (C(OH)–C–C–N with tert-alkyl or cyclic N) is 1. The molecule has 0 radical (unpaired) electrons. The number of likely N-dealkylation sites (tertiary alicyclic amines) is 1. The summed E-state index contributed by atoms with van der Waals surface area (Å²) in [4.78, 5) is 13.7. The summed E-state index contributed by atoms with van der Waals surface area (Å²) in [6, 6.07) is 0. The topological polar surface area (TPSA) is 52.6 Å². The van der Waals surface area contributed by atoms with Gasteiger partial charge in [-0.2, -0.15) is 0 Å². The number of amides is 1. The Kier molecular flexibility index (Phi) is 6.65. The zero-order valence-corrected chi connectivity index (χ0v) is 12.0. The van der Waals surface area contributed by atoms with Crippen molar-refractivity contribution in [3.63, 3.8) is 0 Å². The minimum atomic E-state index is -0.457. The van der Waals surface area contributed by atoms with Crippen LogP contribution in [0.1, 0.15) is 40.0 Å². The number of hydrogen-bond acceptors (Lipinski definition) is 3. The second-order valence-corrected chi connectivity index (χ2v) is 5.98. The summed E-state index contributed by atoms with van der Waals surface area (Å²) in [6.45, 7) is 9.20. The Bertz CT molecular complexity index is 256. The summed E-state index contributed by atoms with van der Waals surface area (Å²) in [7, 11) is 0. The van der Waals surface area contributed by atoms with Crippen LogP contribution in [0, 0.1) is 11.8 Å². The molecule has 0 saturated carbocycles. The standard InChI is InChI=1S/C14H28N2O2/c1-11(2)8-15-9-13(17)10-16-7-6-12(3)4-5-14(16)18/h11-13,15,17H,4-10H2,1-3H3. The molecule has 0 aromatic carbocycles. The van der Waals surface area contributed by atoms with Gasteiger partial charge in [-0.15, -0.1) is 0 Å². The zero-order chi connectivity index (χ0) is 13.5. The highest BCUT2D eigenvalue weighted by Crippen LogP contribution is 2.17. The van der Waals surface area contributed by atoms with Crippen molar-refractivity contribution in [1.29, 1.82) is 0 Å². The molecule has 2 N–H and O–H groups in total. The summed E-state index contributed by atoms with van der Waals surface area (Å²) in [5.74, 6) is 1.40. The number of nitrogens with zero attached hydrogens (tertiary/aromatic N) is 1. The Hall–Kier alpha value is -0.610. The fraction of sp³-hybridized carbons (Fsp3) is 0.929. The minimum Gasteiger partial charge on any atom is -0.390 e. The maximum Gasteiger partial charge on any atom is 0.222 e. The van der Waals surface area contributed by atoms with Crippen molar-refractivity contribution in [1.82, 2.24) is 10.2 Å². The van der Waals surface area contributed by atoms with Crippen LogP contribution in [0.25, 0.3) is 0 Å². The monoisotopic (exact) mass is 256 g/mol. The van der Waals surface area contributed by atoms with Crippen LogP contribution in [-0.2, 0) is 4.79 Å². The molecule has 2 unspecified atom stereocenters. The molecule has 4 heteroatoms. The third-order valence-electron chi connectivity index (χ3n) is 3.46. The molecule has 2 atom stereocenters. The van der Waals surface area contributed by atoms with E-state index in [0.29, 0.717) is 31.3 Å². The van der Waals surface area contributed by atoms with Gasteiger partial charge in [-0.3, -0.25) is 4.79 Å². The van der Waals surface area contributed by atoms with Gasteiger partial charge in [0.2, 0.25) is 5.91 Å². The highest BCUT2D eigenvalue weighted by atomic mass is 16.3. The van der Waals surface area contributed by atoms with Crippen LogP contribution >= 0.6 is 0 Å². The number of nitrogens with one attached hydrogen (secondary N) is 1. The normalized spacial score (nSPS) is 23.3. The van der Waals surface area contributed by atoms with Gasteiger partial charge in [0.05, 0.1) is 6.10 Å². The van der Waals surface area contributed by atoms with Crippen molar-refractivity contribution in [3.05, 3.63) is 0 Å². The number of rotatable bonds is 6. The summed E-state index contributed by atoms with van der Waals surface area (Å²) in [5, 5.41) is 13.2. The third-order valence-corrected chi connectivity index (χ3v) is 3.46. The highest BCUT2D eigenvalue weighted by Gasteiger charge is 2.21. The molecule has 1 heterocycles. The third kappa shape index (κ3) is 5.83. The number of aliphatic hydroxyl groups excluding tert-OH is 1. The molecule has 106 valence electrons. The van der Waals surface area contributed by atoms with Crippen molar-refractivity contribution < 1.29 is 9.90 Å². The van der Waals surface area contributed by atoms with Gasteiger partial charge in [0.25, 0.3) is 0 Å². The smallest absolute Gasteiger partial charge is 0.222 e. The molecular weight excluding hydrogens is 228 g/mol. The maximum absolute atomic E-state index is 11.9. The lowest BCUT2D eigenvalue weighted by molar-refractivity contribution is -0.132. The SMILES string of the molecule is CC(C)CNCC(O)CN1CCC(C)CCC1=O. The van der Waals surface area contributed by atoms with Gasteiger partial charge < -0.3 is 15.3 Å². The Balaban J connectivity index is 2.29. The predicted octanol–water partition coefficient (Wildman–Crippen LogP) is 1.24. The Morgan fingerprint density at radius 3 is 2.78 bits per heavy atom.